The molecule has 0 spiro atoms. The molecule has 4 nitrogen and oxygen atoms in total. The predicted molar refractivity (Wildman–Crippen MR) is 171 cm³/mol. The molecular weight excluding hydrogens is 504 g/mol. The molecule has 0 saturated heterocycles. The number of rotatable bonds is 4. The zero-order valence-electron chi connectivity index (χ0n) is 25.1. The number of anilines is 2. The highest BCUT2D eigenvalue weighted by Gasteiger charge is 2.41. The first-order chi connectivity index (χ1) is 19.6. The lowest BCUT2D eigenvalue weighted by molar-refractivity contribution is -0.111. The number of nitrogens with zero attached hydrogens (tertiary/aromatic N) is 2. The standard InChI is InChI=1S/C37H40N2O2/c1-7-38-30-20-18-27(40)23-29(30)36(3,4)32(38)21-16-25-13-14-26(35(25)41)17-22-33-37(5,6)34-28-12-10-9-11-24(28)15-19-31(34)39(33)8-2/h9-12,15-23,40H,7-8,13-14H2,1-6H3/b25-16-,26-17+,32-21-,33-22+. The van der Waals surface area contributed by atoms with Gasteiger partial charge in [0.1, 0.15) is 5.75 Å². The average Bonchev–Trinajstić information content (AvgIpc) is 3.49. The number of hydrogen-bond acceptors (Lipinski definition) is 4. The number of phenols is 1. The van der Waals surface area contributed by atoms with Crippen molar-refractivity contribution in [2.75, 3.05) is 22.9 Å². The van der Waals surface area contributed by atoms with Gasteiger partial charge in [0.05, 0.1) is 0 Å². The zero-order valence-corrected chi connectivity index (χ0v) is 25.1. The van der Waals surface area contributed by atoms with Crippen LogP contribution in [-0.2, 0) is 15.6 Å². The van der Waals surface area contributed by atoms with E-state index in [1.165, 1.54) is 27.7 Å². The Hall–Kier alpha value is -4.05. The highest BCUT2D eigenvalue weighted by Crippen LogP contribution is 2.51. The van der Waals surface area contributed by atoms with Gasteiger partial charge in [-0.1, -0.05) is 70.2 Å². The van der Waals surface area contributed by atoms with Crippen LogP contribution in [0.2, 0.25) is 0 Å². The third-order valence-electron chi connectivity index (χ3n) is 9.39. The lowest BCUT2D eigenvalue weighted by Gasteiger charge is -2.26. The van der Waals surface area contributed by atoms with E-state index >= 15 is 0 Å². The highest BCUT2D eigenvalue weighted by atomic mass is 16.3. The quantitative estimate of drug-likeness (QED) is 0.335. The van der Waals surface area contributed by atoms with E-state index in [2.05, 4.69) is 106 Å². The molecule has 0 unspecified atom stereocenters. The molecule has 3 aromatic carbocycles. The van der Waals surface area contributed by atoms with Crippen LogP contribution in [0.5, 0.6) is 5.75 Å². The third kappa shape index (κ3) is 4.15. The SMILES string of the molecule is CCN1/C(=C\C=C2\CC/C(=C\C=C3\N(CC)c4ccc5ccccc5c4C3(C)C)C2=O)C(C)(C)c2cc(O)ccc21. The Kier molecular flexibility index (Phi) is 6.48. The Morgan fingerprint density at radius 1 is 0.756 bits per heavy atom. The van der Waals surface area contributed by atoms with E-state index in [0.29, 0.717) is 0 Å². The molecule has 6 rings (SSSR count). The molecule has 210 valence electrons. The Morgan fingerprint density at radius 3 is 2.00 bits per heavy atom. The molecule has 1 aliphatic carbocycles. The van der Waals surface area contributed by atoms with Crippen molar-refractivity contribution in [2.45, 2.75) is 65.2 Å². The summed E-state index contributed by atoms with van der Waals surface area (Å²) in [6.45, 7) is 15.0. The second kappa shape index (κ2) is 9.80. The van der Waals surface area contributed by atoms with Crippen molar-refractivity contribution >= 4 is 27.9 Å². The van der Waals surface area contributed by atoms with E-state index in [0.717, 1.165) is 54.0 Å². The molecule has 0 bridgehead atoms. The fourth-order valence-corrected chi connectivity index (χ4v) is 7.26. The van der Waals surface area contributed by atoms with E-state index in [1.54, 1.807) is 6.07 Å². The lowest BCUT2D eigenvalue weighted by atomic mass is 9.81. The summed E-state index contributed by atoms with van der Waals surface area (Å²) in [7, 11) is 0. The van der Waals surface area contributed by atoms with Gasteiger partial charge in [-0.25, -0.2) is 0 Å². The van der Waals surface area contributed by atoms with E-state index in [4.69, 9.17) is 0 Å². The third-order valence-corrected chi connectivity index (χ3v) is 9.39. The largest absolute Gasteiger partial charge is 0.508 e. The van der Waals surface area contributed by atoms with Gasteiger partial charge in [0.25, 0.3) is 0 Å². The first-order valence-electron chi connectivity index (χ1n) is 14.9. The van der Waals surface area contributed by atoms with Crippen LogP contribution in [0.3, 0.4) is 0 Å². The van der Waals surface area contributed by atoms with Gasteiger partial charge in [0.15, 0.2) is 5.78 Å². The minimum atomic E-state index is -0.261. The van der Waals surface area contributed by atoms with Crippen molar-refractivity contribution < 1.29 is 9.90 Å². The maximum absolute atomic E-state index is 13.5. The number of aromatic hydroxyl groups is 1. The smallest absolute Gasteiger partial charge is 0.185 e. The van der Waals surface area contributed by atoms with Gasteiger partial charge in [-0.05, 0) is 85.0 Å². The van der Waals surface area contributed by atoms with Crippen molar-refractivity contribution in [1.82, 2.24) is 0 Å². The molecule has 3 aliphatic rings. The van der Waals surface area contributed by atoms with E-state index in [-0.39, 0.29) is 22.4 Å². The van der Waals surface area contributed by atoms with Crippen molar-refractivity contribution in [3.05, 3.63) is 113 Å². The number of hydrogen-bond donors (Lipinski definition) is 1. The Labute approximate surface area is 244 Å². The summed E-state index contributed by atoms with van der Waals surface area (Å²) in [5, 5.41) is 12.7. The molecule has 4 heteroatoms. The molecular formula is C37H40N2O2. The van der Waals surface area contributed by atoms with Crippen molar-refractivity contribution in [2.24, 2.45) is 0 Å². The van der Waals surface area contributed by atoms with E-state index < -0.39 is 0 Å². The zero-order chi connectivity index (χ0) is 29.1. The fourth-order valence-electron chi connectivity index (χ4n) is 7.26. The molecule has 0 aromatic heterocycles. The van der Waals surface area contributed by atoms with Gasteiger partial charge in [-0.15, -0.1) is 0 Å². The summed E-state index contributed by atoms with van der Waals surface area (Å²) in [5.41, 5.74) is 8.55. The van der Waals surface area contributed by atoms with Crippen LogP contribution in [0.4, 0.5) is 11.4 Å². The molecule has 1 saturated carbocycles. The lowest BCUT2D eigenvalue weighted by Crippen LogP contribution is -2.25. The summed E-state index contributed by atoms with van der Waals surface area (Å²) in [6, 6.07) is 18.7. The molecule has 1 fully saturated rings. The summed E-state index contributed by atoms with van der Waals surface area (Å²) in [5.74, 6) is 0.431. The molecule has 3 aromatic rings. The van der Waals surface area contributed by atoms with Crippen molar-refractivity contribution in [3.63, 3.8) is 0 Å². The van der Waals surface area contributed by atoms with E-state index in [9.17, 15) is 9.90 Å². The summed E-state index contributed by atoms with van der Waals surface area (Å²) >= 11 is 0. The second-order valence-electron chi connectivity index (χ2n) is 12.4. The maximum atomic E-state index is 13.5. The number of phenolic OH excluding ortho intramolecular Hbond substituents is 1. The van der Waals surface area contributed by atoms with Crippen LogP contribution in [0.15, 0.2) is 101 Å². The Bertz CT molecular complexity index is 1700. The molecule has 2 aliphatic heterocycles. The van der Waals surface area contributed by atoms with Crippen molar-refractivity contribution in [1.29, 1.82) is 0 Å². The van der Waals surface area contributed by atoms with Crippen LogP contribution < -0.4 is 9.80 Å². The number of carbonyl (C=O) groups is 1. The fraction of sp³-hybridized carbons (Fsp3) is 0.324. The molecule has 0 amide bonds. The van der Waals surface area contributed by atoms with Gasteiger partial charge in [0, 0.05) is 57.8 Å². The molecule has 0 atom stereocenters. The summed E-state index contributed by atoms with van der Waals surface area (Å²) in [4.78, 5) is 18.2. The predicted octanol–water partition coefficient (Wildman–Crippen LogP) is 8.46. The molecule has 1 N–H and O–H groups in total. The average molecular weight is 545 g/mol. The number of Topliss-reactive ketones (excluding diaryl/α,β-unsaturated/α-hetero) is 1. The number of fused-ring (bicyclic) bond motifs is 4. The van der Waals surface area contributed by atoms with Crippen LogP contribution >= 0.6 is 0 Å². The van der Waals surface area contributed by atoms with Crippen LogP contribution in [-0.4, -0.2) is 24.0 Å². The topological polar surface area (TPSA) is 43.8 Å². The van der Waals surface area contributed by atoms with Crippen LogP contribution in [0.1, 0.15) is 65.5 Å². The van der Waals surface area contributed by atoms with Crippen LogP contribution in [0.25, 0.3) is 10.8 Å². The minimum Gasteiger partial charge on any atom is -0.508 e. The van der Waals surface area contributed by atoms with Gasteiger partial charge >= 0.3 is 0 Å². The van der Waals surface area contributed by atoms with Gasteiger partial charge in [-0.2, -0.15) is 0 Å². The number of carbonyl (C=O) groups excluding carboxylic acids is 1. The number of allylic oxidation sites excluding steroid dienone is 8. The first kappa shape index (κ1) is 27.1. The van der Waals surface area contributed by atoms with E-state index in [1.807, 2.05) is 18.2 Å². The van der Waals surface area contributed by atoms with Gasteiger partial charge in [-0.3, -0.25) is 4.79 Å². The second-order valence-corrected chi connectivity index (χ2v) is 12.4. The Balaban J connectivity index is 1.31. The number of ketones is 1. The van der Waals surface area contributed by atoms with Gasteiger partial charge < -0.3 is 14.9 Å². The number of likely N-dealkylation sites (N-methyl/N-ethyl adjacent to an activating group) is 2. The first-order valence-corrected chi connectivity index (χ1v) is 14.9. The molecule has 0 radical (unpaired) electrons. The normalized spacial score (nSPS) is 23.0. The molecule has 2 heterocycles. The van der Waals surface area contributed by atoms with Crippen molar-refractivity contribution in [3.8, 4) is 5.75 Å². The molecule has 41 heavy (non-hydrogen) atoms. The monoisotopic (exact) mass is 544 g/mol. The summed E-state index contributed by atoms with van der Waals surface area (Å²) in [6.07, 6.45) is 9.92. The summed E-state index contributed by atoms with van der Waals surface area (Å²) < 4.78 is 0. The number of benzene rings is 3. The minimum absolute atomic E-state index is 0.148. The maximum Gasteiger partial charge on any atom is 0.185 e. The van der Waals surface area contributed by atoms with Gasteiger partial charge in [0.2, 0.25) is 0 Å². The van der Waals surface area contributed by atoms with Crippen LogP contribution in [0, 0.1) is 0 Å². The Morgan fingerprint density at radius 2 is 1.34 bits per heavy atom. The highest BCUT2D eigenvalue weighted by molar-refractivity contribution is 6.11.